The van der Waals surface area contributed by atoms with Gasteiger partial charge in [-0.3, -0.25) is 0 Å². The first-order valence-electron chi connectivity index (χ1n) is 7.29. The molecule has 19 heavy (non-hydrogen) atoms. The van der Waals surface area contributed by atoms with Crippen molar-refractivity contribution in [3.63, 3.8) is 0 Å². The molecule has 1 aromatic rings. The molecule has 0 bridgehead atoms. The van der Waals surface area contributed by atoms with Gasteiger partial charge in [-0.1, -0.05) is 49.5 Å². The molecule has 0 N–H and O–H groups in total. The van der Waals surface area contributed by atoms with E-state index in [4.69, 9.17) is 23.2 Å². The lowest BCUT2D eigenvalue weighted by atomic mass is 9.95. The second-order valence-corrected chi connectivity index (χ2v) is 6.45. The summed E-state index contributed by atoms with van der Waals surface area (Å²) < 4.78 is 0. The first-order chi connectivity index (χ1) is 9.11. The zero-order valence-corrected chi connectivity index (χ0v) is 13.4. The Labute approximate surface area is 126 Å². The Morgan fingerprint density at radius 2 is 1.89 bits per heavy atom. The predicted molar refractivity (Wildman–Crippen MR) is 84.4 cm³/mol. The Balaban J connectivity index is 2.07. The van der Waals surface area contributed by atoms with Crippen LogP contribution in [0.4, 0.5) is 0 Å². The number of benzene rings is 1. The van der Waals surface area contributed by atoms with Crippen molar-refractivity contribution >= 4 is 23.2 Å². The molecule has 1 saturated carbocycles. The second-order valence-electron chi connectivity index (χ2n) is 5.63. The van der Waals surface area contributed by atoms with E-state index in [1.54, 1.807) is 0 Å². The van der Waals surface area contributed by atoms with Crippen LogP contribution in [0.5, 0.6) is 0 Å². The van der Waals surface area contributed by atoms with E-state index in [1.165, 1.54) is 37.8 Å². The lowest BCUT2D eigenvalue weighted by Gasteiger charge is -2.26. The minimum Gasteiger partial charge on any atom is -0.303 e. The van der Waals surface area contributed by atoms with Gasteiger partial charge in [-0.05, 0) is 50.0 Å². The van der Waals surface area contributed by atoms with Gasteiger partial charge in [-0.2, -0.15) is 0 Å². The first-order valence-corrected chi connectivity index (χ1v) is 8.05. The Morgan fingerprint density at radius 1 is 1.16 bits per heavy atom. The summed E-state index contributed by atoms with van der Waals surface area (Å²) in [6, 6.07) is 6.14. The molecule has 0 unspecified atom stereocenters. The van der Waals surface area contributed by atoms with Gasteiger partial charge in [0, 0.05) is 12.0 Å². The third-order valence-electron chi connectivity index (χ3n) is 4.19. The van der Waals surface area contributed by atoms with Crippen LogP contribution in [-0.4, -0.2) is 24.5 Å². The van der Waals surface area contributed by atoms with Crippen LogP contribution < -0.4 is 0 Å². The molecule has 1 aliphatic rings. The SMILES string of the molecule is CCCCN(CC)CC1(c2ccc(Cl)c(Cl)c2)CC1. The van der Waals surface area contributed by atoms with E-state index in [9.17, 15) is 0 Å². The van der Waals surface area contributed by atoms with Crippen LogP contribution in [0, 0.1) is 0 Å². The lowest BCUT2D eigenvalue weighted by molar-refractivity contribution is 0.257. The number of halogens is 2. The van der Waals surface area contributed by atoms with Crippen LogP contribution in [-0.2, 0) is 5.41 Å². The van der Waals surface area contributed by atoms with E-state index in [0.29, 0.717) is 15.5 Å². The third-order valence-corrected chi connectivity index (χ3v) is 4.93. The number of likely N-dealkylation sites (N-methyl/N-ethyl adjacent to an activating group) is 1. The third kappa shape index (κ3) is 3.65. The van der Waals surface area contributed by atoms with Gasteiger partial charge >= 0.3 is 0 Å². The number of rotatable bonds is 7. The predicted octanol–water partition coefficient (Wildman–Crippen LogP) is 5.15. The summed E-state index contributed by atoms with van der Waals surface area (Å²) in [6.45, 7) is 7.99. The molecule has 1 aromatic carbocycles. The fraction of sp³-hybridized carbons (Fsp3) is 0.625. The molecule has 1 aliphatic carbocycles. The highest BCUT2D eigenvalue weighted by Crippen LogP contribution is 2.49. The van der Waals surface area contributed by atoms with E-state index in [2.05, 4.69) is 30.9 Å². The summed E-state index contributed by atoms with van der Waals surface area (Å²) in [5.41, 5.74) is 1.69. The quantitative estimate of drug-likeness (QED) is 0.673. The molecule has 0 saturated heterocycles. The molecule has 0 aromatic heterocycles. The average Bonchev–Trinajstić information content (AvgIpc) is 3.18. The summed E-state index contributed by atoms with van der Waals surface area (Å²) >= 11 is 12.2. The number of nitrogens with zero attached hydrogens (tertiary/aromatic N) is 1. The summed E-state index contributed by atoms with van der Waals surface area (Å²) in [7, 11) is 0. The van der Waals surface area contributed by atoms with Crippen molar-refractivity contribution in [2.24, 2.45) is 0 Å². The molecule has 0 atom stereocenters. The summed E-state index contributed by atoms with van der Waals surface area (Å²) in [6.07, 6.45) is 5.09. The van der Waals surface area contributed by atoms with Gasteiger partial charge < -0.3 is 4.90 Å². The van der Waals surface area contributed by atoms with E-state index >= 15 is 0 Å². The number of unbranched alkanes of at least 4 members (excludes halogenated alkanes) is 1. The first kappa shape index (κ1) is 15.2. The van der Waals surface area contributed by atoms with Gasteiger partial charge in [-0.15, -0.1) is 0 Å². The van der Waals surface area contributed by atoms with E-state index in [-0.39, 0.29) is 0 Å². The molecular weight excluding hydrogens is 277 g/mol. The van der Waals surface area contributed by atoms with Crippen molar-refractivity contribution in [1.29, 1.82) is 0 Å². The molecule has 1 nitrogen and oxygen atoms in total. The van der Waals surface area contributed by atoms with Crippen molar-refractivity contribution in [2.45, 2.75) is 44.9 Å². The van der Waals surface area contributed by atoms with Crippen LogP contribution in [0.2, 0.25) is 10.0 Å². The van der Waals surface area contributed by atoms with Crippen LogP contribution in [0.3, 0.4) is 0 Å². The van der Waals surface area contributed by atoms with Gasteiger partial charge in [-0.25, -0.2) is 0 Å². The molecule has 0 heterocycles. The minimum atomic E-state index is 0.331. The van der Waals surface area contributed by atoms with E-state index in [1.807, 2.05) is 6.07 Å². The van der Waals surface area contributed by atoms with Gasteiger partial charge in [0.1, 0.15) is 0 Å². The van der Waals surface area contributed by atoms with E-state index in [0.717, 1.165) is 13.1 Å². The summed E-state index contributed by atoms with van der Waals surface area (Å²) in [5, 5.41) is 1.33. The van der Waals surface area contributed by atoms with Gasteiger partial charge in [0.2, 0.25) is 0 Å². The molecule has 0 amide bonds. The highest BCUT2D eigenvalue weighted by molar-refractivity contribution is 6.42. The average molecular weight is 300 g/mol. The van der Waals surface area contributed by atoms with Crippen molar-refractivity contribution in [3.05, 3.63) is 33.8 Å². The zero-order valence-electron chi connectivity index (χ0n) is 11.9. The maximum Gasteiger partial charge on any atom is 0.0595 e. The van der Waals surface area contributed by atoms with Crippen molar-refractivity contribution in [2.75, 3.05) is 19.6 Å². The lowest BCUT2D eigenvalue weighted by Crippen LogP contribution is -2.33. The monoisotopic (exact) mass is 299 g/mol. The van der Waals surface area contributed by atoms with Crippen LogP contribution in [0.1, 0.15) is 45.1 Å². The summed E-state index contributed by atoms with van der Waals surface area (Å²) in [5.74, 6) is 0. The zero-order chi connectivity index (χ0) is 13.9. The molecular formula is C16H23Cl2N. The molecule has 0 spiro atoms. The van der Waals surface area contributed by atoms with Crippen molar-refractivity contribution in [3.8, 4) is 0 Å². The Kier molecular flexibility index (Phi) is 5.16. The van der Waals surface area contributed by atoms with Gasteiger partial charge in [0.15, 0.2) is 0 Å². The maximum absolute atomic E-state index is 6.16. The molecule has 3 heteroatoms. The molecule has 0 aliphatic heterocycles. The standard InChI is InChI=1S/C16H23Cl2N/c1-3-5-10-19(4-2)12-16(8-9-16)13-6-7-14(17)15(18)11-13/h6-7,11H,3-5,8-10,12H2,1-2H3. The van der Waals surface area contributed by atoms with Crippen molar-refractivity contribution < 1.29 is 0 Å². The fourth-order valence-electron chi connectivity index (χ4n) is 2.67. The molecule has 106 valence electrons. The fourth-order valence-corrected chi connectivity index (χ4v) is 2.97. The highest BCUT2D eigenvalue weighted by Gasteiger charge is 2.45. The van der Waals surface area contributed by atoms with Gasteiger partial charge in [0.05, 0.1) is 10.0 Å². The number of hydrogen-bond acceptors (Lipinski definition) is 1. The Hall–Kier alpha value is -0.240. The van der Waals surface area contributed by atoms with Crippen LogP contribution in [0.15, 0.2) is 18.2 Å². The Bertz CT molecular complexity index is 427. The maximum atomic E-state index is 6.16. The minimum absolute atomic E-state index is 0.331. The summed E-state index contributed by atoms with van der Waals surface area (Å²) in [4.78, 5) is 2.57. The van der Waals surface area contributed by atoms with Crippen LogP contribution in [0.25, 0.3) is 0 Å². The topological polar surface area (TPSA) is 3.24 Å². The largest absolute Gasteiger partial charge is 0.303 e. The van der Waals surface area contributed by atoms with Crippen LogP contribution >= 0.6 is 23.2 Å². The van der Waals surface area contributed by atoms with Crippen molar-refractivity contribution in [1.82, 2.24) is 4.90 Å². The molecule has 0 radical (unpaired) electrons. The second kappa shape index (κ2) is 6.47. The number of hydrogen-bond donors (Lipinski definition) is 0. The van der Waals surface area contributed by atoms with E-state index < -0.39 is 0 Å². The highest BCUT2D eigenvalue weighted by atomic mass is 35.5. The normalized spacial score (nSPS) is 16.9. The van der Waals surface area contributed by atoms with Gasteiger partial charge in [0.25, 0.3) is 0 Å². The Morgan fingerprint density at radius 3 is 2.42 bits per heavy atom. The molecule has 1 fully saturated rings. The molecule has 2 rings (SSSR count). The smallest absolute Gasteiger partial charge is 0.0595 e.